The van der Waals surface area contributed by atoms with Crippen molar-refractivity contribution in [1.82, 2.24) is 9.97 Å². The molecule has 0 amide bonds. The highest BCUT2D eigenvalue weighted by Crippen LogP contribution is 2.32. The zero-order valence-electron chi connectivity index (χ0n) is 10.9. The summed E-state index contributed by atoms with van der Waals surface area (Å²) in [4.78, 5) is 9.07. The number of furan rings is 1. The fourth-order valence-electron chi connectivity index (χ4n) is 1.72. The van der Waals surface area contributed by atoms with Gasteiger partial charge < -0.3 is 9.73 Å². The average Bonchev–Trinajstić information content (AvgIpc) is 2.75. The number of nitrogens with zero attached hydrogens (tertiary/aromatic N) is 2. The molecule has 4 nitrogen and oxygen atoms in total. The molecule has 1 N–H and O–H groups in total. The molecule has 0 aliphatic carbocycles. The summed E-state index contributed by atoms with van der Waals surface area (Å²) < 4.78 is 6.37. The van der Waals surface area contributed by atoms with Crippen molar-refractivity contribution < 1.29 is 4.42 Å². The smallest absolute Gasteiger partial charge is 0.198 e. The number of aryl methyl sites for hydroxylation is 1. The van der Waals surface area contributed by atoms with Gasteiger partial charge >= 0.3 is 0 Å². The third-order valence-corrected chi connectivity index (χ3v) is 3.51. The second-order valence-corrected chi connectivity index (χ2v) is 5.23. The van der Waals surface area contributed by atoms with Gasteiger partial charge in [-0.3, -0.25) is 0 Å². The van der Waals surface area contributed by atoms with Crippen molar-refractivity contribution in [3.8, 4) is 11.6 Å². The van der Waals surface area contributed by atoms with Crippen LogP contribution in [0.2, 0.25) is 0 Å². The van der Waals surface area contributed by atoms with Crippen LogP contribution in [0, 0.1) is 6.92 Å². The Kier molecular flexibility index (Phi) is 3.71. The summed E-state index contributed by atoms with van der Waals surface area (Å²) in [5.41, 5.74) is 2.01. The van der Waals surface area contributed by atoms with Crippen molar-refractivity contribution >= 4 is 21.7 Å². The van der Waals surface area contributed by atoms with Crippen LogP contribution in [0.25, 0.3) is 11.6 Å². The van der Waals surface area contributed by atoms with Crippen molar-refractivity contribution in [2.24, 2.45) is 0 Å². The molecule has 0 radical (unpaired) electrons. The molecule has 2 rings (SSSR count). The molecule has 2 heterocycles. The minimum absolute atomic E-state index is 0.309. The first-order valence-corrected chi connectivity index (χ1v) is 6.63. The van der Waals surface area contributed by atoms with Gasteiger partial charge in [0.2, 0.25) is 0 Å². The lowest BCUT2D eigenvalue weighted by Gasteiger charge is -2.12. The van der Waals surface area contributed by atoms with Crippen LogP contribution in [0.1, 0.15) is 31.0 Å². The van der Waals surface area contributed by atoms with Crippen molar-refractivity contribution in [3.05, 3.63) is 28.1 Å². The lowest BCUT2D eigenvalue weighted by Crippen LogP contribution is -2.04. The number of hydrogen-bond donors (Lipinski definition) is 1. The van der Waals surface area contributed by atoms with Crippen molar-refractivity contribution in [2.45, 2.75) is 26.7 Å². The molecule has 0 aliphatic heterocycles. The Morgan fingerprint density at radius 3 is 2.56 bits per heavy atom. The van der Waals surface area contributed by atoms with Gasteiger partial charge in [0.1, 0.15) is 5.82 Å². The first kappa shape index (κ1) is 13.1. The molecule has 0 spiro atoms. The zero-order valence-corrected chi connectivity index (χ0v) is 12.5. The highest BCUT2D eigenvalue weighted by Gasteiger charge is 2.17. The molecule has 2 aromatic rings. The molecule has 5 heteroatoms. The van der Waals surface area contributed by atoms with Crippen LogP contribution in [-0.2, 0) is 0 Å². The van der Waals surface area contributed by atoms with E-state index in [9.17, 15) is 0 Å². The van der Waals surface area contributed by atoms with E-state index in [4.69, 9.17) is 4.42 Å². The summed E-state index contributed by atoms with van der Waals surface area (Å²) in [5.74, 6) is 2.43. The highest BCUT2D eigenvalue weighted by atomic mass is 79.9. The molecular formula is C13H16BrN3O. The van der Waals surface area contributed by atoms with Gasteiger partial charge in [0.05, 0.1) is 16.4 Å². The van der Waals surface area contributed by atoms with Gasteiger partial charge in [-0.1, -0.05) is 13.8 Å². The van der Waals surface area contributed by atoms with Crippen LogP contribution in [0.5, 0.6) is 0 Å². The number of aromatic nitrogens is 2. The van der Waals surface area contributed by atoms with Crippen LogP contribution in [0.3, 0.4) is 0 Å². The predicted molar refractivity (Wildman–Crippen MR) is 75.8 cm³/mol. The number of anilines is 1. The summed E-state index contributed by atoms with van der Waals surface area (Å²) >= 11 is 3.54. The van der Waals surface area contributed by atoms with Gasteiger partial charge in [-0.25, -0.2) is 9.97 Å². The second kappa shape index (κ2) is 5.10. The van der Waals surface area contributed by atoms with Crippen LogP contribution in [0.15, 0.2) is 21.2 Å². The SMILES string of the molecule is CNc1nc(-c2occc2C)nc(C(C)C)c1Br. The van der Waals surface area contributed by atoms with E-state index in [1.807, 2.05) is 20.0 Å². The number of halogens is 1. The molecule has 18 heavy (non-hydrogen) atoms. The summed E-state index contributed by atoms with van der Waals surface area (Å²) in [6.45, 7) is 6.19. The maximum atomic E-state index is 5.46. The Labute approximate surface area is 115 Å². The third-order valence-electron chi connectivity index (χ3n) is 2.73. The largest absolute Gasteiger partial charge is 0.461 e. The summed E-state index contributed by atoms with van der Waals surface area (Å²) in [6.07, 6.45) is 1.66. The number of hydrogen-bond acceptors (Lipinski definition) is 4. The molecular weight excluding hydrogens is 294 g/mol. The van der Waals surface area contributed by atoms with Crippen LogP contribution in [0.4, 0.5) is 5.82 Å². The van der Waals surface area contributed by atoms with E-state index in [0.717, 1.165) is 27.3 Å². The molecule has 0 saturated carbocycles. The number of nitrogens with one attached hydrogen (secondary N) is 1. The van der Waals surface area contributed by atoms with E-state index in [0.29, 0.717) is 11.7 Å². The van der Waals surface area contributed by atoms with E-state index in [2.05, 4.69) is 45.1 Å². The summed E-state index contributed by atoms with van der Waals surface area (Å²) in [6, 6.07) is 1.91. The van der Waals surface area contributed by atoms with Gasteiger partial charge in [-0.05, 0) is 40.4 Å². The van der Waals surface area contributed by atoms with Crippen LogP contribution in [-0.4, -0.2) is 17.0 Å². The Bertz CT molecular complexity index is 563. The van der Waals surface area contributed by atoms with Gasteiger partial charge in [-0.15, -0.1) is 0 Å². The van der Waals surface area contributed by atoms with E-state index in [1.54, 1.807) is 6.26 Å². The van der Waals surface area contributed by atoms with Crippen molar-refractivity contribution in [2.75, 3.05) is 12.4 Å². The highest BCUT2D eigenvalue weighted by molar-refractivity contribution is 9.10. The Balaban J connectivity index is 2.63. The van der Waals surface area contributed by atoms with E-state index in [1.165, 1.54) is 0 Å². The Morgan fingerprint density at radius 1 is 1.33 bits per heavy atom. The van der Waals surface area contributed by atoms with Gasteiger partial charge in [0.25, 0.3) is 0 Å². The molecule has 96 valence electrons. The van der Waals surface area contributed by atoms with E-state index < -0.39 is 0 Å². The predicted octanol–water partition coefficient (Wildman–Crippen LogP) is 3.97. The molecule has 0 saturated heterocycles. The fraction of sp³-hybridized carbons (Fsp3) is 0.385. The standard InChI is InChI=1S/C13H16BrN3O/c1-7(2)10-9(14)12(15-4)17-13(16-10)11-8(3)5-6-18-11/h5-7H,1-4H3,(H,15,16,17). The zero-order chi connectivity index (χ0) is 13.3. The molecule has 0 bridgehead atoms. The van der Waals surface area contributed by atoms with Crippen LogP contribution < -0.4 is 5.32 Å². The van der Waals surface area contributed by atoms with Crippen molar-refractivity contribution in [1.29, 1.82) is 0 Å². The van der Waals surface area contributed by atoms with E-state index >= 15 is 0 Å². The first-order chi connectivity index (χ1) is 8.54. The quantitative estimate of drug-likeness (QED) is 0.932. The Hall–Kier alpha value is -1.36. The average molecular weight is 310 g/mol. The van der Waals surface area contributed by atoms with Crippen molar-refractivity contribution in [3.63, 3.8) is 0 Å². The minimum atomic E-state index is 0.309. The normalized spacial score (nSPS) is 11.0. The third kappa shape index (κ3) is 2.27. The number of rotatable bonds is 3. The maximum absolute atomic E-state index is 5.46. The second-order valence-electron chi connectivity index (χ2n) is 4.43. The first-order valence-electron chi connectivity index (χ1n) is 5.84. The molecule has 0 aliphatic rings. The summed E-state index contributed by atoms with van der Waals surface area (Å²) in [7, 11) is 1.84. The molecule has 2 aromatic heterocycles. The van der Waals surface area contributed by atoms with E-state index in [-0.39, 0.29) is 0 Å². The topological polar surface area (TPSA) is 51.0 Å². The maximum Gasteiger partial charge on any atom is 0.198 e. The van der Waals surface area contributed by atoms with Gasteiger partial charge in [0.15, 0.2) is 11.6 Å². The molecule has 0 atom stereocenters. The lowest BCUT2D eigenvalue weighted by molar-refractivity contribution is 0.574. The molecule has 0 unspecified atom stereocenters. The summed E-state index contributed by atoms with van der Waals surface area (Å²) in [5, 5.41) is 3.07. The molecule has 0 fully saturated rings. The van der Waals surface area contributed by atoms with Gasteiger partial charge in [-0.2, -0.15) is 0 Å². The molecule has 0 aromatic carbocycles. The monoisotopic (exact) mass is 309 g/mol. The lowest BCUT2D eigenvalue weighted by atomic mass is 10.1. The minimum Gasteiger partial charge on any atom is -0.461 e. The Morgan fingerprint density at radius 2 is 2.06 bits per heavy atom. The fourth-order valence-corrected chi connectivity index (χ4v) is 2.55. The van der Waals surface area contributed by atoms with Crippen LogP contribution >= 0.6 is 15.9 Å². The van der Waals surface area contributed by atoms with Gasteiger partial charge in [0, 0.05) is 7.05 Å².